The van der Waals surface area contributed by atoms with E-state index in [9.17, 15) is 14.9 Å². The predicted molar refractivity (Wildman–Crippen MR) is 109 cm³/mol. The first-order valence-corrected chi connectivity index (χ1v) is 9.17. The summed E-state index contributed by atoms with van der Waals surface area (Å²) in [5.41, 5.74) is 1.33. The van der Waals surface area contributed by atoms with Crippen LogP contribution in [0.4, 0.5) is 0 Å². The van der Waals surface area contributed by atoms with Crippen molar-refractivity contribution in [2.75, 3.05) is 13.7 Å². The zero-order chi connectivity index (χ0) is 21.5. The minimum Gasteiger partial charge on any atom is -0.497 e. The molecule has 0 amide bonds. The van der Waals surface area contributed by atoms with Crippen molar-refractivity contribution in [1.82, 2.24) is 0 Å². The highest BCUT2D eigenvalue weighted by Gasteiger charge is 2.23. The van der Waals surface area contributed by atoms with E-state index in [1.54, 1.807) is 62.6 Å². The lowest BCUT2D eigenvalue weighted by Crippen LogP contribution is -2.10. The maximum absolute atomic E-state index is 12.5. The Balaban J connectivity index is 1.83. The average Bonchev–Trinajstić information content (AvgIpc) is 3.15. The van der Waals surface area contributed by atoms with E-state index in [0.29, 0.717) is 27.8 Å². The van der Waals surface area contributed by atoms with Crippen LogP contribution < -0.4 is 4.74 Å². The van der Waals surface area contributed by atoms with Crippen LogP contribution in [0.15, 0.2) is 58.5 Å². The maximum atomic E-state index is 12.5. The molecule has 1 aromatic heterocycles. The fourth-order valence-corrected chi connectivity index (χ4v) is 2.82. The second kappa shape index (κ2) is 9.43. The van der Waals surface area contributed by atoms with E-state index in [1.807, 2.05) is 6.07 Å². The highest BCUT2D eigenvalue weighted by atomic mass is 16.5. The van der Waals surface area contributed by atoms with Gasteiger partial charge < -0.3 is 18.6 Å². The average molecular weight is 405 g/mol. The normalized spacial score (nSPS) is 11.0. The molecule has 3 rings (SSSR count). The largest absolute Gasteiger partial charge is 0.497 e. The minimum atomic E-state index is -0.812. The number of fused-ring (bicyclic) bond motifs is 1. The summed E-state index contributed by atoms with van der Waals surface area (Å²) in [6.45, 7) is 1.62. The quantitative estimate of drug-likeness (QED) is 0.329. The SMILES string of the molecule is CCOC(=O)c1oc2ccccc2c1COC(=O)/C(C#N)=C/c1ccc(OC)cc1. The molecule has 0 fully saturated rings. The molecular weight excluding hydrogens is 386 g/mol. The van der Waals surface area contributed by atoms with Crippen LogP contribution in [0.5, 0.6) is 5.75 Å². The van der Waals surface area contributed by atoms with Crippen LogP contribution in [0.2, 0.25) is 0 Å². The van der Waals surface area contributed by atoms with Crippen LogP contribution in [0, 0.1) is 11.3 Å². The number of benzene rings is 2. The molecule has 0 bridgehead atoms. The van der Waals surface area contributed by atoms with Crippen LogP contribution in [-0.4, -0.2) is 25.7 Å². The Morgan fingerprint density at radius 2 is 1.83 bits per heavy atom. The molecule has 0 saturated heterocycles. The van der Waals surface area contributed by atoms with Crippen LogP contribution in [0.3, 0.4) is 0 Å². The van der Waals surface area contributed by atoms with Crippen molar-refractivity contribution in [3.05, 3.63) is 71.0 Å². The summed E-state index contributed by atoms with van der Waals surface area (Å²) < 4.78 is 21.0. The highest BCUT2D eigenvalue weighted by molar-refractivity contribution is 5.99. The van der Waals surface area contributed by atoms with Gasteiger partial charge in [0.05, 0.1) is 19.3 Å². The van der Waals surface area contributed by atoms with Crippen molar-refractivity contribution in [3.63, 3.8) is 0 Å². The third kappa shape index (κ3) is 4.50. The van der Waals surface area contributed by atoms with Gasteiger partial charge in [-0.2, -0.15) is 5.26 Å². The number of hydrogen-bond donors (Lipinski definition) is 0. The molecule has 0 atom stereocenters. The van der Waals surface area contributed by atoms with E-state index in [4.69, 9.17) is 18.6 Å². The number of ether oxygens (including phenoxy) is 3. The van der Waals surface area contributed by atoms with Crippen LogP contribution in [-0.2, 0) is 20.9 Å². The van der Waals surface area contributed by atoms with Crippen LogP contribution in [0.1, 0.15) is 28.6 Å². The second-order valence-electron chi connectivity index (χ2n) is 6.15. The monoisotopic (exact) mass is 405 g/mol. The summed E-state index contributed by atoms with van der Waals surface area (Å²) in [7, 11) is 1.55. The Kier molecular flexibility index (Phi) is 6.50. The summed E-state index contributed by atoms with van der Waals surface area (Å²) >= 11 is 0. The number of nitrogens with zero attached hydrogens (tertiary/aromatic N) is 1. The van der Waals surface area contributed by atoms with Crippen molar-refractivity contribution >= 4 is 29.0 Å². The molecule has 0 N–H and O–H groups in total. The van der Waals surface area contributed by atoms with Gasteiger partial charge in [0, 0.05) is 5.39 Å². The third-order valence-electron chi connectivity index (χ3n) is 4.27. The van der Waals surface area contributed by atoms with E-state index in [2.05, 4.69) is 0 Å². The number of nitriles is 1. The van der Waals surface area contributed by atoms with Gasteiger partial charge in [-0.05, 0) is 36.8 Å². The Morgan fingerprint density at radius 1 is 1.10 bits per heavy atom. The molecule has 0 saturated carbocycles. The van der Waals surface area contributed by atoms with Crippen molar-refractivity contribution in [3.8, 4) is 11.8 Å². The van der Waals surface area contributed by atoms with Crippen LogP contribution >= 0.6 is 0 Å². The first kappa shape index (κ1) is 20.7. The number of carbonyl (C=O) groups excluding carboxylic acids is 2. The summed E-state index contributed by atoms with van der Waals surface area (Å²) in [5.74, 6) is -0.822. The molecule has 7 nitrogen and oxygen atoms in total. The molecule has 0 aliphatic carbocycles. The Hall–Kier alpha value is -4.05. The highest BCUT2D eigenvalue weighted by Crippen LogP contribution is 2.27. The summed E-state index contributed by atoms with van der Waals surface area (Å²) in [4.78, 5) is 24.7. The van der Waals surface area contributed by atoms with Crippen LogP contribution in [0.25, 0.3) is 17.0 Å². The lowest BCUT2D eigenvalue weighted by Gasteiger charge is -2.06. The minimum absolute atomic E-state index is 0.0245. The fraction of sp³-hybridized carbons (Fsp3) is 0.174. The molecule has 1 heterocycles. The Labute approximate surface area is 173 Å². The number of methoxy groups -OCH3 is 1. The number of esters is 2. The zero-order valence-electron chi connectivity index (χ0n) is 16.5. The second-order valence-corrected chi connectivity index (χ2v) is 6.15. The zero-order valence-corrected chi connectivity index (χ0v) is 16.5. The van der Waals surface area contributed by atoms with Crippen molar-refractivity contribution in [2.24, 2.45) is 0 Å². The van der Waals surface area contributed by atoms with E-state index >= 15 is 0 Å². The van der Waals surface area contributed by atoms with Gasteiger partial charge in [-0.1, -0.05) is 30.3 Å². The number of rotatable bonds is 7. The summed E-state index contributed by atoms with van der Waals surface area (Å²) in [5, 5.41) is 9.99. The summed E-state index contributed by atoms with van der Waals surface area (Å²) in [6, 6.07) is 15.7. The van der Waals surface area contributed by atoms with Gasteiger partial charge >= 0.3 is 11.9 Å². The smallest absolute Gasteiger partial charge is 0.374 e. The molecule has 0 unspecified atom stereocenters. The Morgan fingerprint density at radius 3 is 2.50 bits per heavy atom. The molecule has 0 spiro atoms. The lowest BCUT2D eigenvalue weighted by molar-refractivity contribution is -0.139. The van der Waals surface area contributed by atoms with Gasteiger partial charge in [-0.3, -0.25) is 0 Å². The Bertz CT molecular complexity index is 1130. The molecule has 7 heteroatoms. The number of para-hydroxylation sites is 1. The van der Waals surface area contributed by atoms with E-state index < -0.39 is 11.9 Å². The molecule has 152 valence electrons. The van der Waals surface area contributed by atoms with Crippen molar-refractivity contribution in [1.29, 1.82) is 5.26 Å². The fourth-order valence-electron chi connectivity index (χ4n) is 2.82. The van der Waals surface area contributed by atoms with E-state index in [-0.39, 0.29) is 24.5 Å². The molecule has 3 aromatic rings. The van der Waals surface area contributed by atoms with Crippen molar-refractivity contribution in [2.45, 2.75) is 13.5 Å². The topological polar surface area (TPSA) is 98.8 Å². The maximum Gasteiger partial charge on any atom is 0.374 e. The number of furan rings is 1. The van der Waals surface area contributed by atoms with Gasteiger partial charge in [0.2, 0.25) is 5.76 Å². The van der Waals surface area contributed by atoms with E-state index in [1.165, 1.54) is 6.08 Å². The molecule has 0 aliphatic rings. The summed E-state index contributed by atoms with van der Waals surface area (Å²) in [6.07, 6.45) is 1.42. The van der Waals surface area contributed by atoms with Gasteiger partial charge in [0.15, 0.2) is 0 Å². The van der Waals surface area contributed by atoms with Crippen molar-refractivity contribution < 1.29 is 28.2 Å². The number of carbonyl (C=O) groups is 2. The van der Waals surface area contributed by atoms with Gasteiger partial charge in [-0.25, -0.2) is 9.59 Å². The molecule has 2 aromatic carbocycles. The first-order valence-electron chi connectivity index (χ1n) is 9.17. The van der Waals surface area contributed by atoms with Gasteiger partial charge in [-0.15, -0.1) is 0 Å². The van der Waals surface area contributed by atoms with Gasteiger partial charge in [0.1, 0.15) is 29.6 Å². The lowest BCUT2D eigenvalue weighted by atomic mass is 10.1. The standard InChI is InChI=1S/C23H19NO6/c1-3-28-23(26)21-19(18-6-4-5-7-20(18)30-21)14-29-22(25)16(13-24)12-15-8-10-17(27-2)11-9-15/h4-12H,3,14H2,1-2H3/b16-12+. The molecular formula is C23H19NO6. The molecule has 30 heavy (non-hydrogen) atoms. The molecule has 0 radical (unpaired) electrons. The van der Waals surface area contributed by atoms with Gasteiger partial charge in [0.25, 0.3) is 0 Å². The third-order valence-corrected chi connectivity index (χ3v) is 4.27. The molecule has 0 aliphatic heterocycles. The predicted octanol–water partition coefficient (Wildman–Crippen LogP) is 4.27. The first-order chi connectivity index (χ1) is 14.6. The van der Waals surface area contributed by atoms with E-state index in [0.717, 1.165) is 0 Å². The number of hydrogen-bond acceptors (Lipinski definition) is 7.